The first-order valence-electron chi connectivity index (χ1n) is 6.21. The van der Waals surface area contributed by atoms with Crippen LogP contribution in [0.5, 0.6) is 0 Å². The molecule has 0 spiro atoms. The fraction of sp³-hybridized carbons (Fsp3) is 0.615. The van der Waals surface area contributed by atoms with Crippen molar-refractivity contribution < 1.29 is 0 Å². The molecule has 0 aliphatic rings. The van der Waals surface area contributed by atoms with Gasteiger partial charge in [-0.15, -0.1) is 0 Å². The maximum atomic E-state index is 11.8. The van der Waals surface area contributed by atoms with Crippen molar-refractivity contribution in [1.82, 2.24) is 9.78 Å². The van der Waals surface area contributed by atoms with Gasteiger partial charge in [-0.3, -0.25) is 4.79 Å². The van der Waals surface area contributed by atoms with E-state index in [1.54, 1.807) is 12.3 Å². The van der Waals surface area contributed by atoms with Crippen molar-refractivity contribution in [2.45, 2.75) is 40.2 Å². The number of nitrogens with zero attached hydrogens (tertiary/aromatic N) is 3. The number of aromatic nitrogens is 2. The predicted molar refractivity (Wildman–Crippen MR) is 71.3 cm³/mol. The molecule has 1 N–H and O–H groups in total. The Kier molecular flexibility index (Phi) is 4.90. The van der Waals surface area contributed by atoms with Gasteiger partial charge in [-0.05, 0) is 26.7 Å². The van der Waals surface area contributed by atoms with Crippen LogP contribution in [0.3, 0.4) is 0 Å². The number of rotatable bonds is 6. The lowest BCUT2D eigenvalue weighted by Crippen LogP contribution is -2.25. The van der Waals surface area contributed by atoms with E-state index in [2.05, 4.69) is 23.4 Å². The van der Waals surface area contributed by atoms with Crippen LogP contribution in [0.4, 0.5) is 5.69 Å². The lowest BCUT2D eigenvalue weighted by molar-refractivity contribution is 0.391. The summed E-state index contributed by atoms with van der Waals surface area (Å²) >= 11 is 0. The van der Waals surface area contributed by atoms with E-state index in [-0.39, 0.29) is 5.56 Å². The summed E-state index contributed by atoms with van der Waals surface area (Å²) in [7, 11) is 0. The highest BCUT2D eigenvalue weighted by Gasteiger charge is 2.16. The fourth-order valence-electron chi connectivity index (χ4n) is 1.41. The lowest BCUT2D eigenvalue weighted by Gasteiger charge is -2.15. The van der Waals surface area contributed by atoms with Crippen molar-refractivity contribution >= 4 is 5.69 Å². The monoisotopic (exact) mass is 248 g/mol. The van der Waals surface area contributed by atoms with Crippen LogP contribution in [-0.4, -0.2) is 16.3 Å². The highest BCUT2D eigenvalue weighted by atomic mass is 16.1. The van der Waals surface area contributed by atoms with Crippen LogP contribution in [0.25, 0.3) is 0 Å². The molecule has 0 amide bonds. The van der Waals surface area contributed by atoms with E-state index < -0.39 is 5.41 Å². The van der Waals surface area contributed by atoms with E-state index in [4.69, 9.17) is 5.26 Å². The van der Waals surface area contributed by atoms with Crippen LogP contribution in [-0.2, 0) is 6.54 Å². The minimum absolute atomic E-state index is 0.134. The largest absolute Gasteiger partial charge is 0.384 e. The third-order valence-electron chi connectivity index (χ3n) is 2.70. The average molecular weight is 248 g/mol. The van der Waals surface area contributed by atoms with Crippen LogP contribution in [0, 0.1) is 16.7 Å². The molecule has 0 aliphatic heterocycles. The van der Waals surface area contributed by atoms with Gasteiger partial charge in [-0.25, -0.2) is 4.68 Å². The number of hydrogen-bond acceptors (Lipinski definition) is 4. The Balaban J connectivity index is 2.69. The first-order valence-corrected chi connectivity index (χ1v) is 6.21. The third-order valence-corrected chi connectivity index (χ3v) is 2.70. The van der Waals surface area contributed by atoms with Gasteiger partial charge in [0.2, 0.25) is 0 Å². The van der Waals surface area contributed by atoms with Crippen molar-refractivity contribution in [2.24, 2.45) is 5.41 Å². The Morgan fingerprint density at radius 1 is 1.56 bits per heavy atom. The van der Waals surface area contributed by atoms with Gasteiger partial charge < -0.3 is 5.32 Å². The first-order chi connectivity index (χ1) is 8.48. The van der Waals surface area contributed by atoms with Crippen molar-refractivity contribution in [3.8, 4) is 6.07 Å². The van der Waals surface area contributed by atoms with Gasteiger partial charge in [0.25, 0.3) is 5.56 Å². The Morgan fingerprint density at radius 3 is 2.83 bits per heavy atom. The Labute approximate surface area is 107 Å². The molecule has 0 bridgehead atoms. The molecule has 98 valence electrons. The number of nitrogens with one attached hydrogen (secondary N) is 1. The van der Waals surface area contributed by atoms with Gasteiger partial charge in [0.15, 0.2) is 0 Å². The number of hydrogen-bond donors (Lipinski definition) is 1. The molecular formula is C13H20N4O. The zero-order valence-corrected chi connectivity index (χ0v) is 11.2. The smallest absolute Gasteiger partial charge is 0.268 e. The third kappa shape index (κ3) is 4.21. The van der Waals surface area contributed by atoms with E-state index in [1.165, 1.54) is 4.68 Å². The molecule has 5 heteroatoms. The molecule has 0 aromatic carbocycles. The predicted octanol–water partition coefficient (Wildman–Crippen LogP) is 2.01. The van der Waals surface area contributed by atoms with Crippen LogP contribution < -0.4 is 10.9 Å². The summed E-state index contributed by atoms with van der Waals surface area (Å²) in [5.74, 6) is 0. The second-order valence-corrected chi connectivity index (χ2v) is 4.98. The van der Waals surface area contributed by atoms with E-state index in [9.17, 15) is 4.79 Å². The SMILES string of the molecule is CCCNc1cnn(CCC(C)(C)C#N)c(=O)c1. The summed E-state index contributed by atoms with van der Waals surface area (Å²) < 4.78 is 1.40. The molecule has 0 aliphatic carbocycles. The quantitative estimate of drug-likeness (QED) is 0.836. The topological polar surface area (TPSA) is 70.7 Å². The number of nitriles is 1. The summed E-state index contributed by atoms with van der Waals surface area (Å²) in [5, 5.41) is 16.1. The maximum Gasteiger partial charge on any atom is 0.268 e. The average Bonchev–Trinajstić information content (AvgIpc) is 2.35. The molecule has 0 saturated heterocycles. The minimum atomic E-state index is -0.430. The summed E-state index contributed by atoms with van der Waals surface area (Å²) in [6.07, 6.45) is 3.26. The van der Waals surface area contributed by atoms with Crippen molar-refractivity contribution in [2.75, 3.05) is 11.9 Å². The summed E-state index contributed by atoms with van der Waals surface area (Å²) in [4.78, 5) is 11.8. The summed E-state index contributed by atoms with van der Waals surface area (Å²) in [5.41, 5.74) is 0.183. The highest BCUT2D eigenvalue weighted by Crippen LogP contribution is 2.18. The van der Waals surface area contributed by atoms with E-state index in [0.717, 1.165) is 18.7 Å². The minimum Gasteiger partial charge on any atom is -0.384 e. The molecular weight excluding hydrogens is 228 g/mol. The Bertz CT molecular complexity index is 484. The molecule has 18 heavy (non-hydrogen) atoms. The summed E-state index contributed by atoms with van der Waals surface area (Å²) in [6.45, 7) is 7.07. The molecule has 0 atom stereocenters. The van der Waals surface area contributed by atoms with E-state index in [0.29, 0.717) is 13.0 Å². The molecule has 0 saturated carbocycles. The van der Waals surface area contributed by atoms with Crippen LogP contribution in [0.1, 0.15) is 33.6 Å². The van der Waals surface area contributed by atoms with Gasteiger partial charge in [0.05, 0.1) is 23.4 Å². The van der Waals surface area contributed by atoms with Crippen LogP contribution in [0.2, 0.25) is 0 Å². The second kappa shape index (κ2) is 6.20. The van der Waals surface area contributed by atoms with Gasteiger partial charge in [0.1, 0.15) is 0 Å². The highest BCUT2D eigenvalue weighted by molar-refractivity contribution is 5.38. The number of aryl methyl sites for hydroxylation is 1. The number of anilines is 1. The maximum absolute atomic E-state index is 11.8. The zero-order chi connectivity index (χ0) is 13.6. The van der Waals surface area contributed by atoms with Gasteiger partial charge in [-0.2, -0.15) is 10.4 Å². The van der Waals surface area contributed by atoms with Gasteiger partial charge in [0, 0.05) is 19.2 Å². The Hall–Kier alpha value is -1.83. The molecule has 1 rings (SSSR count). The molecule has 1 heterocycles. The van der Waals surface area contributed by atoms with Crippen molar-refractivity contribution in [3.05, 3.63) is 22.6 Å². The molecule has 1 aromatic heterocycles. The standard InChI is InChI=1S/C13H20N4O/c1-4-6-15-11-8-12(18)17(16-9-11)7-5-13(2,3)10-14/h8-9,15H,4-7H2,1-3H3. The molecule has 5 nitrogen and oxygen atoms in total. The van der Waals surface area contributed by atoms with Gasteiger partial charge in [-0.1, -0.05) is 6.92 Å². The molecule has 0 fully saturated rings. The van der Waals surface area contributed by atoms with Crippen molar-refractivity contribution in [3.63, 3.8) is 0 Å². The van der Waals surface area contributed by atoms with E-state index in [1.807, 2.05) is 13.8 Å². The summed E-state index contributed by atoms with van der Waals surface area (Å²) in [6, 6.07) is 3.76. The fourth-order valence-corrected chi connectivity index (χ4v) is 1.41. The van der Waals surface area contributed by atoms with Crippen molar-refractivity contribution in [1.29, 1.82) is 5.26 Å². The Morgan fingerprint density at radius 2 is 2.28 bits per heavy atom. The van der Waals surface area contributed by atoms with Gasteiger partial charge >= 0.3 is 0 Å². The van der Waals surface area contributed by atoms with Crippen LogP contribution in [0.15, 0.2) is 17.1 Å². The normalized spacial score (nSPS) is 11.0. The second-order valence-electron chi connectivity index (χ2n) is 4.98. The molecule has 0 radical (unpaired) electrons. The van der Waals surface area contributed by atoms with E-state index >= 15 is 0 Å². The zero-order valence-electron chi connectivity index (χ0n) is 11.2. The first kappa shape index (κ1) is 14.2. The molecule has 0 unspecified atom stereocenters. The lowest BCUT2D eigenvalue weighted by atomic mass is 9.92. The van der Waals surface area contributed by atoms with Crippen LogP contribution >= 0.6 is 0 Å². The molecule has 1 aromatic rings.